The molecule has 0 saturated carbocycles. The summed E-state index contributed by atoms with van der Waals surface area (Å²) in [5, 5.41) is 0. The van der Waals surface area contributed by atoms with Crippen molar-refractivity contribution in [2.45, 2.75) is 58.7 Å². The van der Waals surface area contributed by atoms with Gasteiger partial charge in [0.15, 0.2) is 0 Å². The van der Waals surface area contributed by atoms with Crippen LogP contribution >= 0.6 is 0 Å². The molecule has 0 bridgehead atoms. The molecule has 1 spiro atoms. The summed E-state index contributed by atoms with van der Waals surface area (Å²) < 4.78 is 11.0. The van der Waals surface area contributed by atoms with E-state index < -0.39 is 5.60 Å². The van der Waals surface area contributed by atoms with Crippen molar-refractivity contribution in [3.8, 4) is 0 Å². The zero-order chi connectivity index (χ0) is 23.5. The van der Waals surface area contributed by atoms with E-state index >= 15 is 0 Å². The molecule has 3 heterocycles. The maximum atomic E-state index is 12.4. The standard InChI is InChI=1S/C26H39N3O4/c1-25(2,3)33-24(31)29-19-26(20-29)11-15-27(16-12-26)17-21-9-13-28(14-10-21)23(30)32-18-22-7-5-4-6-8-22/h4-8,21H,9-20H2,1-3H3. The average Bonchev–Trinajstić information content (AvgIpc) is 2.76. The number of amides is 2. The van der Waals surface area contributed by atoms with E-state index in [1.165, 1.54) is 0 Å². The lowest BCUT2D eigenvalue weighted by Crippen LogP contribution is -2.62. The lowest BCUT2D eigenvalue weighted by molar-refractivity contribution is -0.0611. The van der Waals surface area contributed by atoms with E-state index in [1.54, 1.807) is 0 Å². The molecule has 3 aliphatic rings. The lowest BCUT2D eigenvalue weighted by Gasteiger charge is -2.54. The van der Waals surface area contributed by atoms with Crippen LogP contribution in [0, 0.1) is 11.3 Å². The van der Waals surface area contributed by atoms with Crippen LogP contribution in [0.3, 0.4) is 0 Å². The first-order valence-corrected chi connectivity index (χ1v) is 12.4. The molecule has 2 amide bonds. The summed E-state index contributed by atoms with van der Waals surface area (Å²) in [5.41, 5.74) is 0.876. The molecule has 0 unspecified atom stereocenters. The number of carbonyl (C=O) groups excluding carboxylic acids is 2. The molecule has 0 radical (unpaired) electrons. The van der Waals surface area contributed by atoms with Crippen LogP contribution in [0.5, 0.6) is 0 Å². The molecule has 7 nitrogen and oxygen atoms in total. The van der Waals surface area contributed by atoms with Crippen molar-refractivity contribution in [3.63, 3.8) is 0 Å². The van der Waals surface area contributed by atoms with Crippen molar-refractivity contribution in [2.75, 3.05) is 45.8 Å². The molecular formula is C26H39N3O4. The summed E-state index contributed by atoms with van der Waals surface area (Å²) in [7, 11) is 0. The number of hydrogen-bond acceptors (Lipinski definition) is 5. The molecule has 0 N–H and O–H groups in total. The van der Waals surface area contributed by atoms with E-state index in [0.717, 1.165) is 77.1 Å². The highest BCUT2D eigenvalue weighted by Gasteiger charge is 2.47. The Bertz CT molecular complexity index is 799. The minimum absolute atomic E-state index is 0.176. The van der Waals surface area contributed by atoms with Crippen LogP contribution in [0.2, 0.25) is 0 Å². The van der Waals surface area contributed by atoms with Gasteiger partial charge < -0.3 is 24.2 Å². The van der Waals surface area contributed by atoms with Crippen LogP contribution in [0.1, 0.15) is 52.0 Å². The van der Waals surface area contributed by atoms with Crippen LogP contribution in [0.15, 0.2) is 30.3 Å². The topological polar surface area (TPSA) is 62.3 Å². The molecule has 0 aromatic heterocycles. The highest BCUT2D eigenvalue weighted by Crippen LogP contribution is 2.41. The zero-order valence-corrected chi connectivity index (χ0v) is 20.4. The molecule has 182 valence electrons. The van der Waals surface area contributed by atoms with Gasteiger partial charge in [0, 0.05) is 38.1 Å². The molecule has 7 heteroatoms. The summed E-state index contributed by atoms with van der Waals surface area (Å²) in [6.07, 6.45) is 4.00. The minimum atomic E-state index is -0.433. The van der Waals surface area contributed by atoms with Crippen molar-refractivity contribution >= 4 is 12.2 Å². The summed E-state index contributed by atoms with van der Waals surface area (Å²) in [4.78, 5) is 30.9. The van der Waals surface area contributed by atoms with Crippen molar-refractivity contribution in [3.05, 3.63) is 35.9 Å². The van der Waals surface area contributed by atoms with Gasteiger partial charge in [-0.15, -0.1) is 0 Å². The molecular weight excluding hydrogens is 418 g/mol. The summed E-state index contributed by atoms with van der Waals surface area (Å²) in [6.45, 7) is 12.6. The third-order valence-corrected chi connectivity index (χ3v) is 7.22. The summed E-state index contributed by atoms with van der Waals surface area (Å²) in [6, 6.07) is 9.82. The van der Waals surface area contributed by atoms with Crippen molar-refractivity contribution in [1.82, 2.24) is 14.7 Å². The second-order valence-electron chi connectivity index (χ2n) is 11.1. The molecule has 33 heavy (non-hydrogen) atoms. The molecule has 1 aromatic rings. The first kappa shape index (κ1) is 23.9. The number of likely N-dealkylation sites (tertiary alicyclic amines) is 3. The Morgan fingerprint density at radius 2 is 1.58 bits per heavy atom. The van der Waals surface area contributed by atoms with E-state index in [9.17, 15) is 9.59 Å². The molecule has 3 fully saturated rings. The van der Waals surface area contributed by atoms with Crippen LogP contribution < -0.4 is 0 Å². The molecule has 3 aliphatic heterocycles. The number of benzene rings is 1. The Morgan fingerprint density at radius 3 is 2.18 bits per heavy atom. The monoisotopic (exact) mass is 457 g/mol. The fraction of sp³-hybridized carbons (Fsp3) is 0.692. The predicted octanol–water partition coefficient (Wildman–Crippen LogP) is 4.37. The number of hydrogen-bond donors (Lipinski definition) is 0. The van der Waals surface area contributed by atoms with Crippen LogP contribution in [-0.4, -0.2) is 78.3 Å². The molecule has 1 aromatic carbocycles. The van der Waals surface area contributed by atoms with Gasteiger partial charge in [-0.3, -0.25) is 0 Å². The van der Waals surface area contributed by atoms with Gasteiger partial charge in [0.2, 0.25) is 0 Å². The van der Waals surface area contributed by atoms with Crippen molar-refractivity contribution < 1.29 is 19.1 Å². The third kappa shape index (κ3) is 6.40. The van der Waals surface area contributed by atoms with Gasteiger partial charge in [0.1, 0.15) is 12.2 Å². The van der Waals surface area contributed by atoms with E-state index in [4.69, 9.17) is 9.47 Å². The number of rotatable bonds is 4. The SMILES string of the molecule is CC(C)(C)OC(=O)N1CC2(CCN(CC3CCN(C(=O)OCc4ccccc4)CC3)CC2)C1. The Morgan fingerprint density at radius 1 is 0.939 bits per heavy atom. The van der Waals surface area contributed by atoms with E-state index in [2.05, 4.69) is 4.90 Å². The highest BCUT2D eigenvalue weighted by molar-refractivity contribution is 5.69. The Labute approximate surface area is 198 Å². The Hall–Kier alpha value is -2.28. The highest BCUT2D eigenvalue weighted by atomic mass is 16.6. The second-order valence-corrected chi connectivity index (χ2v) is 11.1. The minimum Gasteiger partial charge on any atom is -0.445 e. The Kier molecular flexibility index (Phi) is 7.17. The molecule has 0 aliphatic carbocycles. The van der Waals surface area contributed by atoms with Gasteiger partial charge in [-0.1, -0.05) is 30.3 Å². The second kappa shape index (κ2) is 9.92. The van der Waals surface area contributed by atoms with Gasteiger partial charge in [0.05, 0.1) is 0 Å². The molecule has 3 saturated heterocycles. The number of ether oxygens (including phenoxy) is 2. The number of piperidine rings is 2. The largest absolute Gasteiger partial charge is 0.445 e. The van der Waals surface area contributed by atoms with E-state index in [1.807, 2.05) is 60.9 Å². The van der Waals surface area contributed by atoms with E-state index in [0.29, 0.717) is 17.9 Å². The van der Waals surface area contributed by atoms with Crippen molar-refractivity contribution in [1.29, 1.82) is 0 Å². The first-order valence-electron chi connectivity index (χ1n) is 12.4. The predicted molar refractivity (Wildman–Crippen MR) is 127 cm³/mol. The zero-order valence-electron chi connectivity index (χ0n) is 20.4. The number of carbonyl (C=O) groups is 2. The maximum Gasteiger partial charge on any atom is 0.410 e. The number of nitrogens with zero attached hydrogens (tertiary/aromatic N) is 3. The van der Waals surface area contributed by atoms with E-state index in [-0.39, 0.29) is 12.2 Å². The quantitative estimate of drug-likeness (QED) is 0.672. The normalized spacial score (nSPS) is 21.5. The van der Waals surface area contributed by atoms with Crippen LogP contribution in [0.4, 0.5) is 9.59 Å². The molecule has 4 rings (SSSR count). The van der Waals surface area contributed by atoms with Gasteiger partial charge in [0.25, 0.3) is 0 Å². The Balaban J connectivity index is 1.12. The lowest BCUT2D eigenvalue weighted by atomic mass is 9.72. The summed E-state index contributed by atoms with van der Waals surface area (Å²) in [5.74, 6) is 0.636. The smallest absolute Gasteiger partial charge is 0.410 e. The first-order chi connectivity index (χ1) is 15.7. The van der Waals surface area contributed by atoms with Gasteiger partial charge in [-0.25, -0.2) is 9.59 Å². The van der Waals surface area contributed by atoms with Crippen LogP contribution in [0.25, 0.3) is 0 Å². The van der Waals surface area contributed by atoms with Crippen molar-refractivity contribution in [2.24, 2.45) is 11.3 Å². The van der Waals surface area contributed by atoms with Gasteiger partial charge in [-0.2, -0.15) is 0 Å². The van der Waals surface area contributed by atoms with Gasteiger partial charge >= 0.3 is 12.2 Å². The maximum absolute atomic E-state index is 12.4. The average molecular weight is 458 g/mol. The fourth-order valence-electron chi connectivity index (χ4n) is 5.22. The van der Waals surface area contributed by atoms with Crippen LogP contribution in [-0.2, 0) is 16.1 Å². The molecule has 0 atom stereocenters. The summed E-state index contributed by atoms with van der Waals surface area (Å²) >= 11 is 0. The third-order valence-electron chi connectivity index (χ3n) is 7.22. The fourth-order valence-corrected chi connectivity index (χ4v) is 5.22. The van der Waals surface area contributed by atoms with Gasteiger partial charge in [-0.05, 0) is 71.0 Å².